The first-order valence-corrected chi connectivity index (χ1v) is 8.53. The Labute approximate surface area is 143 Å². The van der Waals surface area contributed by atoms with Crippen molar-refractivity contribution < 1.29 is 14.2 Å². The minimum atomic E-state index is -0.539. The van der Waals surface area contributed by atoms with Crippen molar-refractivity contribution in [2.45, 2.75) is 32.2 Å². The number of aromatic nitrogens is 1. The van der Waals surface area contributed by atoms with Crippen LogP contribution in [0.5, 0.6) is 0 Å². The SMILES string of the molecule is N#Cc1c(NC(=O)C[n+]2cccc(C(N)=O)c2)sc2c1CCCC2. The molecule has 0 fully saturated rings. The van der Waals surface area contributed by atoms with Gasteiger partial charge >= 0.3 is 0 Å². The fourth-order valence-corrected chi connectivity index (χ4v) is 4.13. The number of carbonyl (C=O) groups is 2. The lowest BCUT2D eigenvalue weighted by atomic mass is 9.96. The van der Waals surface area contributed by atoms with Gasteiger partial charge in [-0.25, -0.2) is 0 Å². The molecule has 0 bridgehead atoms. The fraction of sp³-hybridized carbons (Fsp3) is 0.294. The second kappa shape index (κ2) is 6.81. The van der Waals surface area contributed by atoms with Crippen LogP contribution >= 0.6 is 11.3 Å². The number of anilines is 1. The van der Waals surface area contributed by atoms with E-state index in [2.05, 4.69) is 11.4 Å². The van der Waals surface area contributed by atoms with E-state index in [1.54, 1.807) is 22.9 Å². The Morgan fingerprint density at radius 1 is 1.38 bits per heavy atom. The number of primary amides is 1. The van der Waals surface area contributed by atoms with Gasteiger partial charge in [0.2, 0.25) is 6.54 Å². The quantitative estimate of drug-likeness (QED) is 0.825. The highest BCUT2D eigenvalue weighted by atomic mass is 32.1. The number of hydrogen-bond acceptors (Lipinski definition) is 4. The number of hydrogen-bond donors (Lipinski definition) is 2. The van der Waals surface area contributed by atoms with Crippen molar-refractivity contribution in [2.24, 2.45) is 5.73 Å². The Balaban J connectivity index is 1.76. The van der Waals surface area contributed by atoms with Gasteiger partial charge in [0.15, 0.2) is 12.4 Å². The molecule has 6 nitrogen and oxygen atoms in total. The minimum absolute atomic E-state index is 0.0502. The summed E-state index contributed by atoms with van der Waals surface area (Å²) in [6, 6.07) is 5.48. The molecule has 0 atom stereocenters. The number of nitrogens with one attached hydrogen (secondary N) is 1. The van der Waals surface area contributed by atoms with Gasteiger partial charge in [0.1, 0.15) is 16.6 Å². The Morgan fingerprint density at radius 2 is 2.17 bits per heavy atom. The van der Waals surface area contributed by atoms with Crippen molar-refractivity contribution in [3.63, 3.8) is 0 Å². The van der Waals surface area contributed by atoms with Crippen LogP contribution in [0.3, 0.4) is 0 Å². The molecule has 0 saturated carbocycles. The lowest BCUT2D eigenvalue weighted by Crippen LogP contribution is -2.40. The van der Waals surface area contributed by atoms with Crippen LogP contribution in [0.2, 0.25) is 0 Å². The third-order valence-corrected chi connectivity index (χ3v) is 5.21. The number of aryl methyl sites for hydroxylation is 1. The summed E-state index contributed by atoms with van der Waals surface area (Å²) in [5.74, 6) is -0.779. The monoisotopic (exact) mass is 341 g/mol. The number of rotatable bonds is 4. The van der Waals surface area contributed by atoms with Crippen molar-refractivity contribution in [3.05, 3.63) is 46.1 Å². The van der Waals surface area contributed by atoms with E-state index in [1.165, 1.54) is 22.4 Å². The van der Waals surface area contributed by atoms with Crippen LogP contribution < -0.4 is 15.6 Å². The van der Waals surface area contributed by atoms with Crippen LogP contribution in [0.1, 0.15) is 39.2 Å². The number of carbonyl (C=O) groups excluding carboxylic acids is 2. The Kier molecular flexibility index (Phi) is 4.58. The first kappa shape index (κ1) is 16.1. The lowest BCUT2D eigenvalue weighted by Gasteiger charge is -2.09. The van der Waals surface area contributed by atoms with Crippen LogP contribution in [-0.4, -0.2) is 11.8 Å². The molecule has 1 aliphatic carbocycles. The molecule has 0 aromatic carbocycles. The summed E-state index contributed by atoms with van der Waals surface area (Å²) < 4.78 is 1.59. The molecule has 2 heterocycles. The molecule has 0 saturated heterocycles. The molecule has 2 aromatic heterocycles. The highest BCUT2D eigenvalue weighted by molar-refractivity contribution is 7.16. The molecule has 0 unspecified atom stereocenters. The standard InChI is InChI=1S/C17H16N4O2S/c18-8-13-12-5-1-2-6-14(12)24-17(13)20-15(22)10-21-7-3-4-11(9-21)16(19)23/h3-4,7,9H,1-2,5-6,10H2,(H2-,19,20,22,23)/p+1. The van der Waals surface area contributed by atoms with E-state index in [0.29, 0.717) is 16.1 Å². The van der Waals surface area contributed by atoms with Crippen LogP contribution in [0, 0.1) is 11.3 Å². The highest BCUT2D eigenvalue weighted by Gasteiger charge is 2.22. The van der Waals surface area contributed by atoms with Crippen molar-refractivity contribution in [2.75, 3.05) is 5.32 Å². The van der Waals surface area contributed by atoms with Crippen molar-refractivity contribution in [3.8, 4) is 6.07 Å². The van der Waals surface area contributed by atoms with Gasteiger partial charge in [0.25, 0.3) is 11.8 Å². The van der Waals surface area contributed by atoms with Crippen LogP contribution in [0.15, 0.2) is 24.5 Å². The highest BCUT2D eigenvalue weighted by Crippen LogP contribution is 2.37. The van der Waals surface area contributed by atoms with Gasteiger partial charge in [0, 0.05) is 10.9 Å². The van der Waals surface area contributed by atoms with Crippen LogP contribution in [0.25, 0.3) is 0 Å². The van der Waals surface area contributed by atoms with Gasteiger partial charge in [-0.2, -0.15) is 9.83 Å². The van der Waals surface area contributed by atoms with E-state index in [4.69, 9.17) is 5.73 Å². The third-order valence-electron chi connectivity index (χ3n) is 4.00. The van der Waals surface area contributed by atoms with Gasteiger partial charge in [-0.05, 0) is 37.3 Å². The molecule has 0 radical (unpaired) electrons. The Bertz CT molecular complexity index is 851. The average molecular weight is 341 g/mol. The molecule has 3 rings (SSSR count). The zero-order valence-corrected chi connectivity index (χ0v) is 13.9. The van der Waals surface area contributed by atoms with E-state index in [-0.39, 0.29) is 12.5 Å². The second-order valence-electron chi connectivity index (χ2n) is 5.70. The van der Waals surface area contributed by atoms with Gasteiger partial charge in [-0.3, -0.25) is 9.59 Å². The molecule has 122 valence electrons. The zero-order valence-electron chi connectivity index (χ0n) is 13.0. The largest absolute Gasteiger partial charge is 0.365 e. The Hall–Kier alpha value is -2.72. The number of fused-ring (bicyclic) bond motifs is 1. The molecule has 1 aliphatic rings. The van der Waals surface area contributed by atoms with Crippen molar-refractivity contribution in [1.82, 2.24) is 0 Å². The predicted molar refractivity (Wildman–Crippen MR) is 89.5 cm³/mol. The zero-order chi connectivity index (χ0) is 17.1. The molecular formula is C17H17N4O2S+. The van der Waals surface area contributed by atoms with Crippen molar-refractivity contribution >= 4 is 28.2 Å². The summed E-state index contributed by atoms with van der Waals surface area (Å²) in [6.07, 6.45) is 7.31. The van der Waals surface area contributed by atoms with E-state index in [0.717, 1.165) is 31.2 Å². The normalized spacial score (nSPS) is 13.0. The maximum absolute atomic E-state index is 12.3. The number of amides is 2. The molecule has 24 heavy (non-hydrogen) atoms. The summed E-state index contributed by atoms with van der Waals surface area (Å²) >= 11 is 1.50. The van der Waals surface area contributed by atoms with Crippen LogP contribution in [0.4, 0.5) is 5.00 Å². The van der Waals surface area contributed by atoms with E-state index < -0.39 is 5.91 Å². The van der Waals surface area contributed by atoms with Crippen LogP contribution in [-0.2, 0) is 24.2 Å². The maximum atomic E-state index is 12.3. The lowest BCUT2D eigenvalue weighted by molar-refractivity contribution is -0.684. The topological polar surface area (TPSA) is 99.9 Å². The first-order chi connectivity index (χ1) is 11.6. The number of nitriles is 1. The van der Waals surface area contributed by atoms with Crippen molar-refractivity contribution in [1.29, 1.82) is 5.26 Å². The summed E-state index contributed by atoms with van der Waals surface area (Å²) in [4.78, 5) is 24.7. The van der Waals surface area contributed by atoms with E-state index in [9.17, 15) is 14.9 Å². The summed E-state index contributed by atoms with van der Waals surface area (Å²) in [6.45, 7) is 0.0502. The number of nitrogens with zero attached hydrogens (tertiary/aromatic N) is 2. The smallest absolute Gasteiger partial charge is 0.290 e. The molecule has 2 amide bonds. The minimum Gasteiger partial charge on any atom is -0.365 e. The summed E-state index contributed by atoms with van der Waals surface area (Å²) in [7, 11) is 0. The fourth-order valence-electron chi connectivity index (χ4n) is 2.87. The predicted octanol–water partition coefficient (Wildman–Crippen LogP) is 1.52. The van der Waals surface area contributed by atoms with E-state index >= 15 is 0 Å². The first-order valence-electron chi connectivity index (χ1n) is 7.72. The Morgan fingerprint density at radius 3 is 2.92 bits per heavy atom. The van der Waals surface area contributed by atoms with Gasteiger partial charge < -0.3 is 11.1 Å². The van der Waals surface area contributed by atoms with Gasteiger partial charge in [-0.1, -0.05) is 0 Å². The molecule has 7 heteroatoms. The molecule has 0 spiro atoms. The molecule has 0 aliphatic heterocycles. The number of thiophene rings is 1. The number of nitrogens with two attached hydrogens (primary N) is 1. The molecular weight excluding hydrogens is 324 g/mol. The number of pyridine rings is 1. The average Bonchev–Trinajstić information content (AvgIpc) is 2.91. The molecule has 3 N–H and O–H groups in total. The maximum Gasteiger partial charge on any atom is 0.290 e. The summed E-state index contributed by atoms with van der Waals surface area (Å²) in [5.41, 5.74) is 7.27. The van der Waals surface area contributed by atoms with Gasteiger partial charge in [0.05, 0.1) is 5.56 Å². The summed E-state index contributed by atoms with van der Waals surface area (Å²) in [5, 5.41) is 12.9. The van der Waals surface area contributed by atoms with E-state index in [1.807, 2.05) is 0 Å². The second-order valence-corrected chi connectivity index (χ2v) is 6.81. The van der Waals surface area contributed by atoms with Gasteiger partial charge in [-0.15, -0.1) is 11.3 Å². The molecule has 2 aromatic rings. The third kappa shape index (κ3) is 3.29.